The van der Waals surface area contributed by atoms with E-state index in [4.69, 9.17) is 22.7 Å². The number of nitrogens with zero attached hydrogens (tertiary/aromatic N) is 1. The molecule has 8 N–H and O–H groups in total. The monoisotopic (exact) mass is 310 g/mol. The predicted octanol–water partition coefficient (Wildman–Crippen LogP) is 0.731. The number of anilines is 1. The van der Waals surface area contributed by atoms with Crippen LogP contribution in [0.4, 0.5) is 5.69 Å². The van der Waals surface area contributed by atoms with Crippen molar-refractivity contribution >= 4 is 23.3 Å². The van der Waals surface area contributed by atoms with Crippen LogP contribution >= 0.6 is 0 Å². The van der Waals surface area contributed by atoms with Crippen LogP contribution in [-0.4, -0.2) is 17.6 Å². The maximum absolute atomic E-state index is 11.1. The maximum atomic E-state index is 11.1. The Labute approximate surface area is 133 Å². The van der Waals surface area contributed by atoms with Crippen LogP contribution in [0.2, 0.25) is 0 Å². The lowest BCUT2D eigenvalue weighted by Crippen LogP contribution is -2.15. The van der Waals surface area contributed by atoms with Crippen molar-refractivity contribution in [3.8, 4) is 0 Å². The van der Waals surface area contributed by atoms with Crippen molar-refractivity contribution in [2.45, 2.75) is 6.42 Å². The molecule has 1 heterocycles. The van der Waals surface area contributed by atoms with Gasteiger partial charge in [0.05, 0.1) is 6.42 Å². The van der Waals surface area contributed by atoms with Crippen molar-refractivity contribution in [3.05, 3.63) is 65.2 Å². The average Bonchev–Trinajstić information content (AvgIpc) is 2.94. The number of amidine groups is 2. The minimum Gasteiger partial charge on any atom is -0.384 e. The molecule has 0 saturated carbocycles. The molecule has 7 nitrogen and oxygen atoms in total. The zero-order valence-electron chi connectivity index (χ0n) is 12.4. The van der Waals surface area contributed by atoms with Gasteiger partial charge in [0.25, 0.3) is 0 Å². The number of nitrogen functional groups attached to an aromatic ring is 1. The molecule has 0 aliphatic carbocycles. The summed E-state index contributed by atoms with van der Waals surface area (Å²) in [6, 6.07) is 14.6. The minimum atomic E-state index is 0.000378. The van der Waals surface area contributed by atoms with Crippen LogP contribution < -0.4 is 22.6 Å². The molecule has 0 saturated heterocycles. The standard InChI is InChI=1S/C9H10N4O.C7H8N2/c10-9(13-11)6-2-1-5-4-8(14)12-7(5)3-6;8-7(9)6-4-2-1-3-5-6/h1-3H,4,11H2,(H2,10,13)(H,12,14);1-5H,(H3,8,9). The van der Waals surface area contributed by atoms with Crippen LogP contribution in [0.5, 0.6) is 0 Å². The normalized spacial score (nSPS) is 12.7. The minimum absolute atomic E-state index is 0.000378. The van der Waals surface area contributed by atoms with E-state index in [2.05, 4.69) is 10.4 Å². The highest BCUT2D eigenvalue weighted by atomic mass is 16.1. The number of carbonyl (C=O) groups excluding carboxylic acids is 1. The molecule has 7 heteroatoms. The fraction of sp³-hybridized carbons (Fsp3) is 0.0625. The Hall–Kier alpha value is -3.35. The lowest BCUT2D eigenvalue weighted by molar-refractivity contribution is -0.115. The van der Waals surface area contributed by atoms with Gasteiger partial charge >= 0.3 is 0 Å². The number of hydrogen-bond donors (Lipinski definition) is 5. The van der Waals surface area contributed by atoms with E-state index in [9.17, 15) is 4.79 Å². The smallest absolute Gasteiger partial charge is 0.228 e. The lowest BCUT2D eigenvalue weighted by atomic mass is 10.1. The molecule has 2 aromatic rings. The number of carbonyl (C=O) groups is 1. The zero-order chi connectivity index (χ0) is 16.8. The number of rotatable bonds is 2. The Morgan fingerprint density at radius 1 is 1.09 bits per heavy atom. The Morgan fingerprint density at radius 2 is 1.78 bits per heavy atom. The van der Waals surface area contributed by atoms with Crippen molar-refractivity contribution < 1.29 is 4.79 Å². The Kier molecular flexibility index (Phi) is 4.93. The van der Waals surface area contributed by atoms with Gasteiger partial charge < -0.3 is 22.6 Å². The second-order valence-corrected chi connectivity index (χ2v) is 4.89. The number of nitrogens with one attached hydrogen (secondary N) is 2. The molecule has 0 bridgehead atoms. The Bertz CT molecular complexity index is 754. The molecule has 2 aromatic carbocycles. The van der Waals surface area contributed by atoms with Crippen molar-refractivity contribution in [3.63, 3.8) is 0 Å². The molecular formula is C16H18N6O. The fourth-order valence-electron chi connectivity index (χ4n) is 2.07. The van der Waals surface area contributed by atoms with Gasteiger partial charge in [-0.05, 0) is 11.6 Å². The number of hydrogen-bond acceptors (Lipinski definition) is 4. The van der Waals surface area contributed by atoms with Crippen molar-refractivity contribution in [2.24, 2.45) is 22.4 Å². The van der Waals surface area contributed by atoms with Gasteiger partial charge in [-0.1, -0.05) is 42.5 Å². The van der Waals surface area contributed by atoms with E-state index >= 15 is 0 Å². The second kappa shape index (κ2) is 7.08. The van der Waals surface area contributed by atoms with Crippen molar-refractivity contribution in [2.75, 3.05) is 5.32 Å². The van der Waals surface area contributed by atoms with Crippen LogP contribution in [0, 0.1) is 5.41 Å². The molecule has 1 aliphatic heterocycles. The van der Waals surface area contributed by atoms with Gasteiger partial charge in [0, 0.05) is 16.8 Å². The van der Waals surface area contributed by atoms with E-state index in [0.717, 1.165) is 16.8 Å². The first-order valence-electron chi connectivity index (χ1n) is 6.87. The summed E-state index contributed by atoms with van der Waals surface area (Å²) in [5.41, 5.74) is 14.0. The molecule has 0 radical (unpaired) electrons. The summed E-state index contributed by atoms with van der Waals surface area (Å²) in [5.74, 6) is 5.43. The number of hydrazone groups is 1. The van der Waals surface area contributed by atoms with Gasteiger partial charge in [-0.25, -0.2) is 0 Å². The third kappa shape index (κ3) is 4.07. The number of nitrogens with two attached hydrogens (primary N) is 3. The molecule has 0 unspecified atom stereocenters. The highest BCUT2D eigenvalue weighted by molar-refractivity contribution is 6.03. The number of amides is 1. The lowest BCUT2D eigenvalue weighted by Gasteiger charge is -2.02. The van der Waals surface area contributed by atoms with Gasteiger partial charge in [0.2, 0.25) is 5.91 Å². The quantitative estimate of drug-likeness (QED) is 0.241. The first-order valence-corrected chi connectivity index (χ1v) is 6.87. The summed E-state index contributed by atoms with van der Waals surface area (Å²) in [4.78, 5) is 11.1. The summed E-state index contributed by atoms with van der Waals surface area (Å²) >= 11 is 0. The topological polar surface area (TPSA) is 143 Å². The molecule has 23 heavy (non-hydrogen) atoms. The van der Waals surface area contributed by atoms with Crippen LogP contribution in [0.25, 0.3) is 0 Å². The van der Waals surface area contributed by atoms with Crippen molar-refractivity contribution in [1.82, 2.24) is 0 Å². The second-order valence-electron chi connectivity index (χ2n) is 4.89. The Balaban J connectivity index is 0.000000185. The van der Waals surface area contributed by atoms with E-state index in [1.54, 1.807) is 12.1 Å². The van der Waals surface area contributed by atoms with E-state index in [-0.39, 0.29) is 17.6 Å². The summed E-state index contributed by atoms with van der Waals surface area (Å²) in [5, 5.41) is 13.1. The molecule has 0 aromatic heterocycles. The maximum Gasteiger partial charge on any atom is 0.228 e. The van der Waals surface area contributed by atoms with E-state index in [0.29, 0.717) is 12.0 Å². The number of fused-ring (bicyclic) bond motifs is 1. The summed E-state index contributed by atoms with van der Waals surface area (Å²) in [7, 11) is 0. The van der Waals surface area contributed by atoms with Gasteiger partial charge in [-0.3, -0.25) is 10.2 Å². The molecule has 0 spiro atoms. The molecule has 0 fully saturated rings. The van der Waals surface area contributed by atoms with Gasteiger partial charge in [-0.15, -0.1) is 0 Å². The van der Waals surface area contributed by atoms with E-state index < -0.39 is 0 Å². The zero-order valence-corrected chi connectivity index (χ0v) is 12.4. The third-order valence-electron chi connectivity index (χ3n) is 3.25. The van der Waals surface area contributed by atoms with Crippen LogP contribution in [0.3, 0.4) is 0 Å². The highest BCUT2D eigenvalue weighted by Crippen LogP contribution is 2.23. The molecule has 1 aliphatic rings. The summed E-state index contributed by atoms with van der Waals surface area (Å²) in [6.45, 7) is 0. The van der Waals surface area contributed by atoms with Crippen LogP contribution in [0.15, 0.2) is 53.6 Å². The predicted molar refractivity (Wildman–Crippen MR) is 91.1 cm³/mol. The van der Waals surface area contributed by atoms with Gasteiger partial charge in [0.1, 0.15) is 11.7 Å². The SMILES string of the molecule is N=C(N)c1ccccc1.NN=C(N)c1ccc2c(c1)NC(=O)C2. The first kappa shape index (κ1) is 16.0. The Morgan fingerprint density at radius 3 is 2.35 bits per heavy atom. The average molecular weight is 310 g/mol. The first-order chi connectivity index (χ1) is 11.0. The van der Waals surface area contributed by atoms with Gasteiger partial charge in [-0.2, -0.15) is 5.10 Å². The highest BCUT2D eigenvalue weighted by Gasteiger charge is 2.17. The van der Waals surface area contributed by atoms with Crippen LogP contribution in [0.1, 0.15) is 16.7 Å². The summed E-state index contributed by atoms with van der Waals surface area (Å²) in [6.07, 6.45) is 0.426. The number of benzene rings is 2. The van der Waals surface area contributed by atoms with E-state index in [1.165, 1.54) is 0 Å². The molecule has 118 valence electrons. The largest absolute Gasteiger partial charge is 0.384 e. The molecular weight excluding hydrogens is 292 g/mol. The van der Waals surface area contributed by atoms with Gasteiger partial charge in [0.15, 0.2) is 0 Å². The van der Waals surface area contributed by atoms with Crippen LogP contribution in [-0.2, 0) is 11.2 Å². The fourth-order valence-corrected chi connectivity index (χ4v) is 2.07. The molecule has 1 amide bonds. The molecule has 0 atom stereocenters. The third-order valence-corrected chi connectivity index (χ3v) is 3.25. The van der Waals surface area contributed by atoms with Crippen molar-refractivity contribution in [1.29, 1.82) is 5.41 Å². The molecule has 3 rings (SSSR count). The van der Waals surface area contributed by atoms with E-state index in [1.807, 2.05) is 36.4 Å². The summed E-state index contributed by atoms with van der Waals surface area (Å²) < 4.78 is 0.